The lowest BCUT2D eigenvalue weighted by Crippen LogP contribution is -2.14. The average molecular weight is 727 g/mol. The van der Waals surface area contributed by atoms with Crippen molar-refractivity contribution in [3.05, 3.63) is 114 Å². The van der Waals surface area contributed by atoms with E-state index in [1.807, 2.05) is 0 Å². The molecule has 1 atom stereocenters. The van der Waals surface area contributed by atoms with Crippen LogP contribution in [-0.2, 0) is 16.2 Å². The highest BCUT2D eigenvalue weighted by Crippen LogP contribution is 2.58. The molecule has 0 saturated heterocycles. The van der Waals surface area contributed by atoms with Gasteiger partial charge < -0.3 is 22.2 Å². The molecule has 0 bridgehead atoms. The van der Waals surface area contributed by atoms with E-state index in [9.17, 15) is 0 Å². The fourth-order valence-electron chi connectivity index (χ4n) is 9.00. The van der Waals surface area contributed by atoms with Gasteiger partial charge in [-0.05, 0) is 58.2 Å². The summed E-state index contributed by atoms with van der Waals surface area (Å²) in [6.07, 6.45) is 0. The molecule has 0 amide bonds. The third-order valence-corrected chi connectivity index (χ3v) is 14.3. The van der Waals surface area contributed by atoms with Gasteiger partial charge in [-0.15, -0.1) is 0 Å². The summed E-state index contributed by atoms with van der Waals surface area (Å²) in [5, 5.41) is 6.08. The van der Waals surface area contributed by atoms with Crippen LogP contribution in [0.4, 0.5) is 0 Å². The van der Waals surface area contributed by atoms with Gasteiger partial charge in [0.25, 0.3) is 0 Å². The van der Waals surface area contributed by atoms with Crippen LogP contribution in [0.1, 0.15) is 79.0 Å². The van der Waals surface area contributed by atoms with Crippen molar-refractivity contribution in [3.63, 3.8) is 0 Å². The van der Waals surface area contributed by atoms with Gasteiger partial charge in [-0.25, -0.2) is 0 Å². The summed E-state index contributed by atoms with van der Waals surface area (Å²) in [5.41, 5.74) is 15.3. The molecule has 6 aromatic carbocycles. The van der Waals surface area contributed by atoms with Crippen LogP contribution in [0.15, 0.2) is 110 Å². The number of nitrogens with zero attached hydrogens (tertiary/aromatic N) is 2. The Morgan fingerprint density at radius 3 is 1.67 bits per heavy atom. The lowest BCUT2D eigenvalue weighted by atomic mass is 9.86. The fraction of sp³-hybridized carbons (Fsp3) is 0.250. The molecule has 11 rings (SSSR count). The van der Waals surface area contributed by atoms with Crippen LogP contribution in [0.3, 0.4) is 0 Å². The molecule has 0 spiro atoms. The Balaban J connectivity index is 1.41. The SMILES string of the molecule is CC(C)(C)c1ccc2c(c1)oc1cc(C(C)(C)C)c3oc4cc(-n5c6ccccc6c6ccccc65)cc5oc6c(C(C)(C)C)ccc7c6p(c54)c3c1n27. The van der Waals surface area contributed by atoms with Crippen molar-refractivity contribution in [2.75, 3.05) is 0 Å². The summed E-state index contributed by atoms with van der Waals surface area (Å²) in [6.45, 7) is 20.5. The van der Waals surface area contributed by atoms with Crippen molar-refractivity contribution in [2.24, 2.45) is 0 Å². The molecule has 0 N–H and O–H groups in total. The Hall–Kier alpha value is -5.38. The van der Waals surface area contributed by atoms with Gasteiger partial charge in [0, 0.05) is 34.0 Å². The van der Waals surface area contributed by atoms with E-state index in [-0.39, 0.29) is 16.2 Å². The van der Waals surface area contributed by atoms with Gasteiger partial charge in [0.05, 0.1) is 43.1 Å². The Kier molecular flexibility index (Phi) is 6.07. The molecule has 6 heteroatoms. The first-order chi connectivity index (χ1) is 25.7. The molecule has 5 nitrogen and oxygen atoms in total. The van der Waals surface area contributed by atoms with Crippen LogP contribution < -0.4 is 0 Å². The normalized spacial score (nSPS) is 14.0. The van der Waals surface area contributed by atoms with E-state index in [4.69, 9.17) is 13.3 Å². The minimum absolute atomic E-state index is 0.0191. The van der Waals surface area contributed by atoms with E-state index in [1.54, 1.807) is 0 Å². The lowest BCUT2D eigenvalue weighted by Gasteiger charge is -2.28. The van der Waals surface area contributed by atoms with Crippen molar-refractivity contribution in [2.45, 2.75) is 78.6 Å². The van der Waals surface area contributed by atoms with E-state index in [1.165, 1.54) is 32.1 Å². The second kappa shape index (κ2) is 10.2. The second-order valence-electron chi connectivity index (χ2n) is 18.3. The van der Waals surface area contributed by atoms with Crippen LogP contribution >= 0.6 is 7.34 Å². The molecule has 0 fully saturated rings. The zero-order chi connectivity index (χ0) is 37.2. The predicted molar refractivity (Wildman–Crippen MR) is 228 cm³/mol. The van der Waals surface area contributed by atoms with Crippen LogP contribution in [0, 0.1) is 0 Å². The minimum Gasteiger partial charge on any atom is -0.455 e. The highest BCUT2D eigenvalue weighted by atomic mass is 31.1. The molecular formula is C48H43N2O3P. The molecule has 268 valence electrons. The molecule has 1 unspecified atom stereocenters. The van der Waals surface area contributed by atoms with Crippen molar-refractivity contribution >= 4 is 94.5 Å². The largest absolute Gasteiger partial charge is 0.455 e. The van der Waals surface area contributed by atoms with Gasteiger partial charge >= 0.3 is 0 Å². The summed E-state index contributed by atoms with van der Waals surface area (Å²) < 4.78 is 26.5. The van der Waals surface area contributed by atoms with E-state index < -0.39 is 7.34 Å². The van der Waals surface area contributed by atoms with Crippen LogP contribution in [0.25, 0.3) is 92.9 Å². The zero-order valence-corrected chi connectivity index (χ0v) is 33.2. The third kappa shape index (κ3) is 4.17. The smallest absolute Gasteiger partial charge is 0.153 e. The van der Waals surface area contributed by atoms with Crippen LogP contribution in [0.2, 0.25) is 0 Å². The summed E-state index contributed by atoms with van der Waals surface area (Å²) in [4.78, 5) is 0. The Bertz CT molecular complexity index is 3310. The standard InChI is InChI=1S/C48H43N2O3P/c1-46(2,3)26-18-20-34-36(22-26)51-37-25-31(48(7,8)9)42-45-40(37)50(34)35-21-19-30(47(4,5)6)41-43(35)54(45)44-38(52-41)23-27(24-39(44)53-42)49-32-16-12-10-14-28(32)29-15-11-13-17-33(29)49/h10-25H,1-9H3. The average Bonchev–Trinajstić information content (AvgIpc) is 3.46. The van der Waals surface area contributed by atoms with E-state index >= 15 is 0 Å². The Morgan fingerprint density at radius 1 is 0.463 bits per heavy atom. The van der Waals surface area contributed by atoms with E-state index in [0.717, 1.165) is 77.5 Å². The van der Waals surface area contributed by atoms with E-state index in [2.05, 4.69) is 168 Å². The second-order valence-corrected chi connectivity index (χ2v) is 20.3. The van der Waals surface area contributed by atoms with Crippen molar-refractivity contribution in [1.82, 2.24) is 8.97 Å². The molecule has 5 heterocycles. The Labute approximate surface area is 313 Å². The minimum atomic E-state index is -1.08. The number of benzene rings is 6. The lowest BCUT2D eigenvalue weighted by molar-refractivity contribution is 0.566. The number of para-hydroxylation sites is 2. The topological polar surface area (TPSA) is 48.8 Å². The summed E-state index contributed by atoms with van der Waals surface area (Å²) in [7, 11) is -1.08. The maximum absolute atomic E-state index is 7.33. The number of rotatable bonds is 1. The van der Waals surface area contributed by atoms with E-state index in [0.29, 0.717) is 0 Å². The third-order valence-electron chi connectivity index (χ3n) is 11.6. The molecule has 0 aliphatic heterocycles. The van der Waals surface area contributed by atoms with Gasteiger partial charge in [-0.1, -0.05) is 118 Å². The molecule has 0 saturated carbocycles. The molecular weight excluding hydrogens is 684 g/mol. The molecule has 0 radical (unpaired) electrons. The van der Waals surface area contributed by atoms with Crippen LogP contribution in [-0.4, -0.2) is 8.97 Å². The van der Waals surface area contributed by atoms with Crippen molar-refractivity contribution < 1.29 is 13.3 Å². The summed E-state index contributed by atoms with van der Waals surface area (Å²) in [5.74, 6) is 0. The van der Waals surface area contributed by atoms with Crippen LogP contribution in [0.5, 0.6) is 0 Å². The molecule has 0 aliphatic carbocycles. The predicted octanol–water partition coefficient (Wildman–Crippen LogP) is 14.9. The number of hydrogen-bond donors (Lipinski definition) is 0. The van der Waals surface area contributed by atoms with Gasteiger partial charge in [0.1, 0.15) is 27.8 Å². The number of aromatic nitrogens is 2. The first-order valence-corrected chi connectivity index (χ1v) is 20.4. The molecule has 0 aliphatic rings. The number of hydrogen-bond acceptors (Lipinski definition) is 3. The number of fused-ring (bicyclic) bond motifs is 6. The maximum atomic E-state index is 7.33. The first kappa shape index (κ1) is 32.1. The monoisotopic (exact) mass is 726 g/mol. The zero-order valence-electron chi connectivity index (χ0n) is 32.3. The van der Waals surface area contributed by atoms with Crippen molar-refractivity contribution in [1.29, 1.82) is 0 Å². The highest BCUT2D eigenvalue weighted by molar-refractivity contribution is 7.63. The maximum Gasteiger partial charge on any atom is 0.153 e. The van der Waals surface area contributed by atoms with Crippen molar-refractivity contribution in [3.8, 4) is 5.69 Å². The quantitative estimate of drug-likeness (QED) is 0.125. The molecule has 11 aromatic rings. The molecule has 5 aromatic heterocycles. The molecule has 54 heavy (non-hydrogen) atoms. The summed E-state index contributed by atoms with van der Waals surface area (Å²) in [6, 6.07) is 35.5. The van der Waals surface area contributed by atoms with Gasteiger partial charge in [-0.2, -0.15) is 0 Å². The fourth-order valence-corrected chi connectivity index (χ4v) is 11.9. The first-order valence-electron chi connectivity index (χ1n) is 19.0. The van der Waals surface area contributed by atoms with Gasteiger partial charge in [0.2, 0.25) is 0 Å². The van der Waals surface area contributed by atoms with Gasteiger partial charge in [-0.3, -0.25) is 0 Å². The Morgan fingerprint density at radius 2 is 1.06 bits per heavy atom. The summed E-state index contributed by atoms with van der Waals surface area (Å²) >= 11 is 0. The highest BCUT2D eigenvalue weighted by Gasteiger charge is 2.32. The van der Waals surface area contributed by atoms with Gasteiger partial charge in [0.15, 0.2) is 11.2 Å².